The molecule has 0 bridgehead atoms. The van der Waals surface area contributed by atoms with Crippen LogP contribution in [-0.2, 0) is 0 Å². The summed E-state index contributed by atoms with van der Waals surface area (Å²) < 4.78 is 0. The summed E-state index contributed by atoms with van der Waals surface area (Å²) in [5.74, 6) is 0.296. The van der Waals surface area contributed by atoms with E-state index >= 15 is 0 Å². The average Bonchev–Trinajstić information content (AvgIpc) is 2.78. The molecular weight excluding hydrogens is 378 g/mol. The van der Waals surface area contributed by atoms with E-state index in [9.17, 15) is 0 Å². The van der Waals surface area contributed by atoms with Gasteiger partial charge < -0.3 is 11.2 Å². The Morgan fingerprint density at radius 3 is 1.29 bits per heavy atom. The van der Waals surface area contributed by atoms with Gasteiger partial charge in [-0.15, -0.1) is 0 Å². The number of benzene rings is 2. The first-order valence-corrected chi connectivity index (χ1v) is 12.7. The number of rotatable bonds is 17. The van der Waals surface area contributed by atoms with Crippen LogP contribution in [0.1, 0.15) is 114 Å². The fourth-order valence-corrected chi connectivity index (χ4v) is 4.57. The number of unbranched alkanes of at least 4 members (excludes halogenated alkanes) is 12. The maximum atomic E-state index is 6.72. The molecule has 2 heteroatoms. The fourth-order valence-electron chi connectivity index (χ4n) is 4.57. The summed E-state index contributed by atoms with van der Waals surface area (Å²) in [5, 5.41) is 0. The molecule has 2 nitrogen and oxygen atoms in total. The Morgan fingerprint density at radius 1 is 0.548 bits per heavy atom. The highest BCUT2D eigenvalue weighted by Gasteiger charge is 2.21. The molecule has 0 aliphatic heterocycles. The zero-order valence-electron chi connectivity index (χ0n) is 19.9. The van der Waals surface area contributed by atoms with E-state index in [1.165, 1.54) is 94.6 Å². The van der Waals surface area contributed by atoms with Crippen LogP contribution in [0.5, 0.6) is 0 Å². The molecule has 0 aliphatic carbocycles. The molecule has 0 spiro atoms. The molecule has 0 aromatic heterocycles. The number of nitrogens with two attached hydrogens (primary N) is 1. The maximum absolute atomic E-state index is 6.72. The van der Waals surface area contributed by atoms with E-state index in [2.05, 4.69) is 67.6 Å². The lowest BCUT2D eigenvalue weighted by Crippen LogP contribution is -2.29. The summed E-state index contributed by atoms with van der Waals surface area (Å²) >= 11 is 0. The van der Waals surface area contributed by atoms with Gasteiger partial charge in [-0.2, -0.15) is 0 Å². The van der Waals surface area contributed by atoms with Crippen molar-refractivity contribution in [2.75, 3.05) is 0 Å². The molecule has 0 saturated heterocycles. The first kappa shape index (κ1) is 27.4. The van der Waals surface area contributed by atoms with Gasteiger partial charge in [0.15, 0.2) is 0 Å². The minimum absolute atomic E-state index is 0. The van der Waals surface area contributed by atoms with Crippen LogP contribution in [0.25, 0.3) is 0 Å². The summed E-state index contributed by atoms with van der Waals surface area (Å²) in [5.41, 5.74) is 9.40. The second-order valence-electron chi connectivity index (χ2n) is 8.99. The van der Waals surface area contributed by atoms with Crippen LogP contribution in [0.3, 0.4) is 0 Å². The second kappa shape index (κ2) is 18.0. The molecule has 4 N–H and O–H groups in total. The van der Waals surface area contributed by atoms with Crippen LogP contribution in [-0.4, -0.2) is 11.5 Å². The van der Waals surface area contributed by atoms with E-state index in [0.29, 0.717) is 5.92 Å². The summed E-state index contributed by atoms with van der Waals surface area (Å²) in [6.45, 7) is 2.29. The molecule has 2 rings (SSSR count). The van der Waals surface area contributed by atoms with Crippen LogP contribution in [0.4, 0.5) is 0 Å². The van der Waals surface area contributed by atoms with Crippen molar-refractivity contribution >= 4 is 0 Å². The van der Waals surface area contributed by atoms with Crippen molar-refractivity contribution in [1.29, 1.82) is 0 Å². The van der Waals surface area contributed by atoms with Crippen molar-refractivity contribution < 1.29 is 5.48 Å². The van der Waals surface area contributed by atoms with Crippen LogP contribution >= 0.6 is 0 Å². The van der Waals surface area contributed by atoms with Gasteiger partial charge in [-0.25, -0.2) is 0 Å². The van der Waals surface area contributed by atoms with Gasteiger partial charge in [-0.3, -0.25) is 0 Å². The first-order chi connectivity index (χ1) is 14.8. The Morgan fingerprint density at radius 2 is 0.903 bits per heavy atom. The molecule has 174 valence electrons. The molecule has 0 amide bonds. The van der Waals surface area contributed by atoms with Gasteiger partial charge in [0.05, 0.1) is 0 Å². The van der Waals surface area contributed by atoms with Crippen molar-refractivity contribution in [2.45, 2.75) is 109 Å². The van der Waals surface area contributed by atoms with Crippen molar-refractivity contribution in [3.8, 4) is 0 Å². The smallest absolute Gasteiger partial charge is 0.0241 e. The molecule has 2 aromatic carbocycles. The van der Waals surface area contributed by atoms with Crippen molar-refractivity contribution in [3.63, 3.8) is 0 Å². The molecule has 0 fully saturated rings. The fraction of sp³-hybridized carbons (Fsp3) is 0.586. The highest BCUT2D eigenvalue weighted by atomic mass is 16.0. The topological polar surface area (TPSA) is 57.5 Å². The molecule has 0 radical (unpaired) electrons. The van der Waals surface area contributed by atoms with E-state index in [1.54, 1.807) is 0 Å². The van der Waals surface area contributed by atoms with Crippen LogP contribution in [0.2, 0.25) is 0 Å². The molecule has 31 heavy (non-hydrogen) atoms. The second-order valence-corrected chi connectivity index (χ2v) is 8.99. The third-order valence-electron chi connectivity index (χ3n) is 6.39. The molecule has 1 atom stereocenters. The van der Waals surface area contributed by atoms with Gasteiger partial charge >= 0.3 is 0 Å². The van der Waals surface area contributed by atoms with Gasteiger partial charge in [0.1, 0.15) is 0 Å². The molecule has 0 heterocycles. The molecule has 2 aromatic rings. The number of hydrogen-bond acceptors (Lipinski definition) is 1. The Kier molecular flexibility index (Phi) is 15.9. The van der Waals surface area contributed by atoms with Gasteiger partial charge in [0, 0.05) is 12.0 Å². The summed E-state index contributed by atoms with van der Waals surface area (Å²) in [6, 6.07) is 21.8. The van der Waals surface area contributed by atoms with Crippen molar-refractivity contribution in [1.82, 2.24) is 0 Å². The first-order valence-electron chi connectivity index (χ1n) is 12.7. The predicted octanol–water partition coefficient (Wildman–Crippen LogP) is 7.80. The van der Waals surface area contributed by atoms with Gasteiger partial charge in [-0.1, -0.05) is 151 Å². The highest BCUT2D eigenvalue weighted by molar-refractivity contribution is 5.34. The maximum Gasteiger partial charge on any atom is 0.0241 e. The zero-order chi connectivity index (χ0) is 21.3. The Balaban J connectivity index is 0.00000480. The van der Waals surface area contributed by atoms with Gasteiger partial charge in [0.2, 0.25) is 0 Å². The van der Waals surface area contributed by atoms with Crippen molar-refractivity contribution in [3.05, 3.63) is 71.8 Å². The average molecular weight is 426 g/mol. The minimum Gasteiger partial charge on any atom is -0.412 e. The summed E-state index contributed by atoms with van der Waals surface area (Å²) in [7, 11) is 0. The molecule has 1 unspecified atom stereocenters. The SMILES string of the molecule is CCCCCCCCCCCCCCCC(N)C(c1ccccc1)c1ccccc1.O. The summed E-state index contributed by atoms with van der Waals surface area (Å²) in [4.78, 5) is 0. The third-order valence-corrected chi connectivity index (χ3v) is 6.39. The van der Waals surface area contributed by atoms with Crippen LogP contribution in [0.15, 0.2) is 60.7 Å². The van der Waals surface area contributed by atoms with Crippen molar-refractivity contribution in [2.24, 2.45) is 5.73 Å². The standard InChI is InChI=1S/C29H45N.H2O/c1-2-3-4-5-6-7-8-9-10-11-12-13-20-25-28(30)29(26-21-16-14-17-22-26)27-23-18-15-19-24-27;/h14-19,21-24,28-29H,2-13,20,25,30H2,1H3;1H2. The quantitative estimate of drug-likeness (QED) is 0.258. The lowest BCUT2D eigenvalue weighted by molar-refractivity contribution is 0.494. The Bertz CT molecular complexity index is 588. The molecule has 0 saturated carbocycles. The van der Waals surface area contributed by atoms with E-state index < -0.39 is 0 Å². The van der Waals surface area contributed by atoms with E-state index in [1.807, 2.05) is 0 Å². The van der Waals surface area contributed by atoms with Gasteiger partial charge in [-0.05, 0) is 17.5 Å². The largest absolute Gasteiger partial charge is 0.412 e. The van der Waals surface area contributed by atoms with E-state index in [0.717, 1.165) is 6.42 Å². The number of hydrogen-bond donors (Lipinski definition) is 1. The van der Waals surface area contributed by atoms with Crippen LogP contribution in [0, 0.1) is 0 Å². The Labute approximate surface area is 192 Å². The summed E-state index contributed by atoms with van der Waals surface area (Å²) in [6.07, 6.45) is 19.3. The Hall–Kier alpha value is -1.64. The van der Waals surface area contributed by atoms with E-state index in [4.69, 9.17) is 5.73 Å². The van der Waals surface area contributed by atoms with Gasteiger partial charge in [0.25, 0.3) is 0 Å². The lowest BCUT2D eigenvalue weighted by Gasteiger charge is -2.25. The van der Waals surface area contributed by atoms with E-state index in [-0.39, 0.29) is 11.5 Å². The monoisotopic (exact) mass is 425 g/mol. The molecular formula is C29H47NO. The highest BCUT2D eigenvalue weighted by Crippen LogP contribution is 2.29. The lowest BCUT2D eigenvalue weighted by atomic mass is 9.83. The minimum atomic E-state index is 0. The normalized spacial score (nSPS) is 12.0. The third kappa shape index (κ3) is 11.5. The molecule has 0 aliphatic rings. The van der Waals surface area contributed by atoms with Crippen LogP contribution < -0.4 is 5.73 Å². The predicted molar refractivity (Wildman–Crippen MR) is 137 cm³/mol. The zero-order valence-corrected chi connectivity index (χ0v) is 19.9.